The third-order valence-electron chi connectivity index (χ3n) is 5.08. The first-order valence-corrected chi connectivity index (χ1v) is 10.4. The summed E-state index contributed by atoms with van der Waals surface area (Å²) in [5.41, 5.74) is 0. The van der Waals surface area contributed by atoms with Gasteiger partial charge >= 0.3 is 6.09 Å². The van der Waals surface area contributed by atoms with Crippen molar-refractivity contribution in [1.82, 2.24) is 10.2 Å². The number of carbonyl (C=O) groups excluding carboxylic acids is 1. The van der Waals surface area contributed by atoms with Crippen LogP contribution in [0.15, 0.2) is 0 Å². The van der Waals surface area contributed by atoms with Gasteiger partial charge in [-0.05, 0) is 12.8 Å². The number of nitrogens with zero attached hydrogens (tertiary/aromatic N) is 1. The molecule has 2 amide bonds. The third kappa shape index (κ3) is 11.1. The molecule has 0 aliphatic carbocycles. The van der Waals surface area contributed by atoms with Gasteiger partial charge in [0, 0.05) is 25.6 Å². The molecule has 0 aromatic carbocycles. The fraction of sp³-hybridized carbons (Fsp3) is 0.900. The molecule has 1 fully saturated rings. The van der Waals surface area contributed by atoms with Gasteiger partial charge in [-0.2, -0.15) is 0 Å². The highest BCUT2D eigenvalue weighted by Crippen LogP contribution is 2.13. The Kier molecular flexibility index (Phi) is 12.2. The van der Waals surface area contributed by atoms with E-state index in [1.54, 1.807) is 0 Å². The lowest BCUT2D eigenvalue weighted by molar-refractivity contribution is -0.121. The maximum absolute atomic E-state index is 11.9. The Bertz CT molecular complexity index is 374. The van der Waals surface area contributed by atoms with Crippen LogP contribution >= 0.6 is 0 Å². The minimum Gasteiger partial charge on any atom is -0.465 e. The van der Waals surface area contributed by atoms with Crippen LogP contribution in [0.1, 0.15) is 96.8 Å². The molecule has 0 radical (unpaired) electrons. The van der Waals surface area contributed by atoms with Crippen molar-refractivity contribution in [2.24, 2.45) is 0 Å². The molecule has 1 aliphatic heterocycles. The number of carbonyl (C=O) groups is 2. The smallest absolute Gasteiger partial charge is 0.407 e. The van der Waals surface area contributed by atoms with E-state index in [0.29, 0.717) is 19.5 Å². The zero-order valence-corrected chi connectivity index (χ0v) is 16.1. The number of likely N-dealkylation sites (tertiary alicyclic amines) is 1. The molecule has 146 valence electrons. The predicted molar refractivity (Wildman–Crippen MR) is 102 cm³/mol. The third-order valence-corrected chi connectivity index (χ3v) is 5.08. The van der Waals surface area contributed by atoms with E-state index >= 15 is 0 Å². The molecule has 2 N–H and O–H groups in total. The number of amides is 2. The van der Waals surface area contributed by atoms with E-state index in [-0.39, 0.29) is 11.9 Å². The molecule has 25 heavy (non-hydrogen) atoms. The molecule has 0 bridgehead atoms. The summed E-state index contributed by atoms with van der Waals surface area (Å²) in [5, 5.41) is 11.9. The van der Waals surface area contributed by atoms with Crippen LogP contribution in [0.3, 0.4) is 0 Å². The van der Waals surface area contributed by atoms with E-state index in [1.807, 2.05) is 0 Å². The Balaban J connectivity index is 1.85. The molecule has 5 nitrogen and oxygen atoms in total. The van der Waals surface area contributed by atoms with E-state index < -0.39 is 6.09 Å². The van der Waals surface area contributed by atoms with Crippen LogP contribution in [-0.4, -0.2) is 41.1 Å². The highest BCUT2D eigenvalue weighted by molar-refractivity contribution is 5.76. The fourth-order valence-electron chi connectivity index (χ4n) is 3.48. The van der Waals surface area contributed by atoms with Crippen molar-refractivity contribution in [3.8, 4) is 0 Å². The molecule has 0 spiro atoms. The van der Waals surface area contributed by atoms with E-state index in [0.717, 1.165) is 19.3 Å². The highest BCUT2D eigenvalue weighted by Gasteiger charge is 2.26. The summed E-state index contributed by atoms with van der Waals surface area (Å²) in [6.07, 6.45) is 15.9. The minimum absolute atomic E-state index is 0.000858. The first-order chi connectivity index (χ1) is 12.1. The van der Waals surface area contributed by atoms with E-state index in [4.69, 9.17) is 5.11 Å². The average molecular weight is 355 g/mol. The van der Waals surface area contributed by atoms with Crippen molar-refractivity contribution < 1.29 is 14.7 Å². The number of rotatable bonds is 14. The van der Waals surface area contributed by atoms with Crippen LogP contribution in [0.25, 0.3) is 0 Å². The van der Waals surface area contributed by atoms with Crippen molar-refractivity contribution in [2.75, 3.05) is 13.1 Å². The van der Waals surface area contributed by atoms with Crippen LogP contribution < -0.4 is 5.32 Å². The predicted octanol–water partition coefficient (Wildman–Crippen LogP) is 4.95. The number of unbranched alkanes of at least 4 members (excludes halogenated alkanes) is 11. The Labute approximate surface area is 153 Å². The van der Waals surface area contributed by atoms with Crippen molar-refractivity contribution in [1.29, 1.82) is 0 Å². The molecule has 1 saturated heterocycles. The summed E-state index contributed by atoms with van der Waals surface area (Å²) in [7, 11) is 0. The minimum atomic E-state index is -0.891. The highest BCUT2D eigenvalue weighted by atomic mass is 16.4. The van der Waals surface area contributed by atoms with Crippen LogP contribution in [-0.2, 0) is 4.79 Å². The molecule has 0 aromatic rings. The second-order valence-electron chi connectivity index (χ2n) is 7.42. The molecule has 1 aliphatic rings. The summed E-state index contributed by atoms with van der Waals surface area (Å²) < 4.78 is 0. The lowest BCUT2D eigenvalue weighted by Crippen LogP contribution is -2.38. The number of carboxylic acid groups (broad SMARTS) is 1. The number of hydrogen-bond donors (Lipinski definition) is 2. The van der Waals surface area contributed by atoms with Gasteiger partial charge in [-0.1, -0.05) is 77.6 Å². The van der Waals surface area contributed by atoms with Gasteiger partial charge in [-0.25, -0.2) is 4.79 Å². The van der Waals surface area contributed by atoms with E-state index in [9.17, 15) is 9.59 Å². The molecule has 0 aromatic heterocycles. The lowest BCUT2D eigenvalue weighted by Gasteiger charge is -2.13. The standard InChI is InChI=1S/C20H38N2O3/c1-2-3-4-5-6-7-8-9-10-11-12-13-14-19(23)21-18-15-16-22(17-18)20(24)25/h18H,2-17H2,1H3,(H,21,23)(H,24,25). The van der Waals surface area contributed by atoms with Crippen molar-refractivity contribution >= 4 is 12.0 Å². The summed E-state index contributed by atoms with van der Waals surface area (Å²) in [5.74, 6) is 0.0734. The van der Waals surface area contributed by atoms with Gasteiger partial charge in [-0.15, -0.1) is 0 Å². The largest absolute Gasteiger partial charge is 0.465 e. The van der Waals surface area contributed by atoms with Gasteiger partial charge in [-0.3, -0.25) is 4.79 Å². The Morgan fingerprint density at radius 1 is 0.920 bits per heavy atom. The van der Waals surface area contributed by atoms with Gasteiger partial charge in [0.15, 0.2) is 0 Å². The summed E-state index contributed by atoms with van der Waals surface area (Å²) in [6, 6.07) is 0.000858. The number of hydrogen-bond acceptors (Lipinski definition) is 2. The van der Waals surface area contributed by atoms with Crippen LogP contribution in [0.4, 0.5) is 4.79 Å². The molecule has 5 heteroatoms. The molecular formula is C20H38N2O3. The van der Waals surface area contributed by atoms with Crippen molar-refractivity contribution in [3.63, 3.8) is 0 Å². The zero-order chi connectivity index (χ0) is 18.3. The second-order valence-corrected chi connectivity index (χ2v) is 7.42. The molecule has 1 rings (SSSR count). The second kappa shape index (κ2) is 14.0. The maximum Gasteiger partial charge on any atom is 0.407 e. The zero-order valence-electron chi connectivity index (χ0n) is 16.1. The average Bonchev–Trinajstić information content (AvgIpc) is 3.04. The number of nitrogens with one attached hydrogen (secondary N) is 1. The van der Waals surface area contributed by atoms with Gasteiger partial charge in [0.25, 0.3) is 0 Å². The first-order valence-electron chi connectivity index (χ1n) is 10.4. The van der Waals surface area contributed by atoms with Gasteiger partial charge in [0.2, 0.25) is 5.91 Å². The molecule has 1 unspecified atom stereocenters. The van der Waals surface area contributed by atoms with Gasteiger partial charge in [0.1, 0.15) is 0 Å². The van der Waals surface area contributed by atoms with Gasteiger partial charge < -0.3 is 15.3 Å². The SMILES string of the molecule is CCCCCCCCCCCCCCC(=O)NC1CCN(C(=O)O)C1. The van der Waals surface area contributed by atoms with E-state index in [1.165, 1.54) is 69.1 Å². The van der Waals surface area contributed by atoms with Crippen molar-refractivity contribution in [2.45, 2.75) is 103 Å². The Morgan fingerprint density at radius 2 is 1.44 bits per heavy atom. The van der Waals surface area contributed by atoms with Crippen LogP contribution in [0.2, 0.25) is 0 Å². The normalized spacial score (nSPS) is 17.0. The monoisotopic (exact) mass is 354 g/mol. The molecular weight excluding hydrogens is 316 g/mol. The summed E-state index contributed by atoms with van der Waals surface area (Å²) in [6.45, 7) is 3.21. The Hall–Kier alpha value is -1.26. The first kappa shape index (κ1) is 21.8. The van der Waals surface area contributed by atoms with Crippen LogP contribution in [0.5, 0.6) is 0 Å². The summed E-state index contributed by atoms with van der Waals surface area (Å²) >= 11 is 0. The lowest BCUT2D eigenvalue weighted by atomic mass is 10.0. The topological polar surface area (TPSA) is 69.6 Å². The Morgan fingerprint density at radius 3 is 1.92 bits per heavy atom. The van der Waals surface area contributed by atoms with Gasteiger partial charge in [0.05, 0.1) is 0 Å². The van der Waals surface area contributed by atoms with Crippen molar-refractivity contribution in [3.05, 3.63) is 0 Å². The maximum atomic E-state index is 11.9. The molecule has 0 saturated carbocycles. The quantitative estimate of drug-likeness (QED) is 0.434. The van der Waals surface area contributed by atoms with E-state index in [2.05, 4.69) is 12.2 Å². The summed E-state index contributed by atoms with van der Waals surface area (Å²) in [4.78, 5) is 24.1. The molecule has 1 atom stereocenters. The fourth-order valence-corrected chi connectivity index (χ4v) is 3.48. The van der Waals surface area contributed by atoms with Crippen LogP contribution in [0, 0.1) is 0 Å². The molecule has 1 heterocycles.